The highest BCUT2D eigenvalue weighted by atomic mass is 16.5. The summed E-state index contributed by atoms with van der Waals surface area (Å²) in [5, 5.41) is 0. The minimum atomic E-state index is -0.0168. The van der Waals surface area contributed by atoms with Crippen LogP contribution in [0.3, 0.4) is 0 Å². The Labute approximate surface area is 67.9 Å². The second-order valence-corrected chi connectivity index (χ2v) is 3.48. The van der Waals surface area contributed by atoms with Gasteiger partial charge in [0.05, 0.1) is 13.0 Å². The molecule has 0 aromatic heterocycles. The number of ether oxygens (including phenoxy) is 1. The molecule has 0 saturated heterocycles. The predicted octanol–water partition coefficient (Wildman–Crippen LogP) is 1.99. The Balaban J connectivity index is 2.33. The highest BCUT2D eigenvalue weighted by molar-refractivity contribution is 5.72. The molecule has 0 unspecified atom stereocenters. The normalized spacial score (nSPS) is 31.5. The maximum Gasteiger partial charge on any atom is 0.308 e. The van der Waals surface area contributed by atoms with Crippen molar-refractivity contribution in [1.29, 1.82) is 0 Å². The standard InChI is InChI=1S/C9H16O2/c1-7-3-5-8(6-4-7)9(10)11-2/h7-8H,3-6H2,1-2H3/t7-,8-. The van der Waals surface area contributed by atoms with Crippen LogP contribution in [0.4, 0.5) is 0 Å². The largest absolute Gasteiger partial charge is 0.469 e. The van der Waals surface area contributed by atoms with Crippen molar-refractivity contribution >= 4 is 5.97 Å². The number of esters is 1. The average molecular weight is 156 g/mol. The van der Waals surface area contributed by atoms with Crippen LogP contribution >= 0.6 is 0 Å². The molecule has 1 fully saturated rings. The van der Waals surface area contributed by atoms with Crippen LogP contribution in [-0.4, -0.2) is 13.1 Å². The van der Waals surface area contributed by atoms with Crippen molar-refractivity contribution in [2.75, 3.05) is 7.11 Å². The lowest BCUT2D eigenvalue weighted by atomic mass is 9.83. The summed E-state index contributed by atoms with van der Waals surface area (Å²) < 4.78 is 4.69. The van der Waals surface area contributed by atoms with Crippen molar-refractivity contribution in [3.63, 3.8) is 0 Å². The van der Waals surface area contributed by atoms with Crippen molar-refractivity contribution in [1.82, 2.24) is 0 Å². The van der Waals surface area contributed by atoms with Crippen molar-refractivity contribution in [2.45, 2.75) is 32.6 Å². The third kappa shape index (κ3) is 2.21. The summed E-state index contributed by atoms with van der Waals surface area (Å²) in [6.45, 7) is 2.24. The fourth-order valence-electron chi connectivity index (χ4n) is 1.66. The third-order valence-corrected chi connectivity index (χ3v) is 2.55. The van der Waals surface area contributed by atoms with Crippen LogP contribution in [0.5, 0.6) is 0 Å². The molecule has 2 heteroatoms. The van der Waals surface area contributed by atoms with E-state index in [4.69, 9.17) is 0 Å². The van der Waals surface area contributed by atoms with Crippen LogP contribution in [0, 0.1) is 11.8 Å². The van der Waals surface area contributed by atoms with E-state index in [1.807, 2.05) is 0 Å². The molecule has 1 rings (SSSR count). The summed E-state index contributed by atoms with van der Waals surface area (Å²) in [5.74, 6) is 0.976. The second-order valence-electron chi connectivity index (χ2n) is 3.48. The molecule has 0 N–H and O–H groups in total. The number of hydrogen-bond donors (Lipinski definition) is 0. The SMILES string of the molecule is COC(=O)[C@H]1CC[C@H](C)CC1. The molecule has 11 heavy (non-hydrogen) atoms. The van der Waals surface area contributed by atoms with Gasteiger partial charge in [0.2, 0.25) is 0 Å². The molecule has 0 heterocycles. The maximum atomic E-state index is 11.1. The van der Waals surface area contributed by atoms with Crippen molar-refractivity contribution in [3.05, 3.63) is 0 Å². The van der Waals surface area contributed by atoms with Crippen LogP contribution in [0.25, 0.3) is 0 Å². The van der Waals surface area contributed by atoms with E-state index in [0.717, 1.165) is 18.8 Å². The van der Waals surface area contributed by atoms with E-state index in [9.17, 15) is 4.79 Å². The molecule has 1 aliphatic carbocycles. The Morgan fingerprint density at radius 1 is 1.27 bits per heavy atom. The van der Waals surface area contributed by atoms with Gasteiger partial charge >= 0.3 is 5.97 Å². The van der Waals surface area contributed by atoms with Gasteiger partial charge in [0, 0.05) is 0 Å². The first-order valence-corrected chi connectivity index (χ1v) is 4.32. The lowest BCUT2D eigenvalue weighted by molar-refractivity contribution is -0.146. The maximum absolute atomic E-state index is 11.1. The van der Waals surface area contributed by atoms with Gasteiger partial charge in [-0.2, -0.15) is 0 Å². The average Bonchev–Trinajstić information content (AvgIpc) is 2.05. The molecule has 64 valence electrons. The molecular formula is C9H16O2. The van der Waals surface area contributed by atoms with E-state index in [2.05, 4.69) is 11.7 Å². The number of hydrogen-bond acceptors (Lipinski definition) is 2. The first-order chi connectivity index (χ1) is 5.24. The highest BCUT2D eigenvalue weighted by Crippen LogP contribution is 2.28. The number of rotatable bonds is 1. The van der Waals surface area contributed by atoms with Gasteiger partial charge in [-0.15, -0.1) is 0 Å². The fourth-order valence-corrected chi connectivity index (χ4v) is 1.66. The Kier molecular flexibility index (Phi) is 2.92. The molecule has 1 aliphatic rings. The van der Waals surface area contributed by atoms with E-state index in [1.165, 1.54) is 20.0 Å². The highest BCUT2D eigenvalue weighted by Gasteiger charge is 2.24. The van der Waals surface area contributed by atoms with Crippen molar-refractivity contribution < 1.29 is 9.53 Å². The first-order valence-electron chi connectivity index (χ1n) is 4.32. The molecular weight excluding hydrogens is 140 g/mol. The molecule has 0 atom stereocenters. The van der Waals surface area contributed by atoms with E-state index in [1.54, 1.807) is 0 Å². The zero-order valence-corrected chi connectivity index (χ0v) is 7.30. The summed E-state index contributed by atoms with van der Waals surface area (Å²) in [6.07, 6.45) is 4.40. The summed E-state index contributed by atoms with van der Waals surface area (Å²) in [6, 6.07) is 0. The zero-order valence-electron chi connectivity index (χ0n) is 7.30. The first kappa shape index (κ1) is 8.57. The summed E-state index contributed by atoms with van der Waals surface area (Å²) in [4.78, 5) is 11.1. The molecule has 0 aromatic carbocycles. The van der Waals surface area contributed by atoms with Crippen LogP contribution < -0.4 is 0 Å². The third-order valence-electron chi connectivity index (χ3n) is 2.55. The van der Waals surface area contributed by atoms with Gasteiger partial charge in [0.1, 0.15) is 0 Å². The molecule has 0 aliphatic heterocycles. The fraction of sp³-hybridized carbons (Fsp3) is 0.889. The van der Waals surface area contributed by atoms with Gasteiger partial charge in [-0.05, 0) is 31.6 Å². The van der Waals surface area contributed by atoms with Gasteiger partial charge in [0.15, 0.2) is 0 Å². The molecule has 0 amide bonds. The topological polar surface area (TPSA) is 26.3 Å². The minimum Gasteiger partial charge on any atom is -0.469 e. The monoisotopic (exact) mass is 156 g/mol. The van der Waals surface area contributed by atoms with Crippen LogP contribution in [0.15, 0.2) is 0 Å². The van der Waals surface area contributed by atoms with Crippen molar-refractivity contribution in [2.24, 2.45) is 11.8 Å². The Morgan fingerprint density at radius 3 is 2.27 bits per heavy atom. The van der Waals surface area contributed by atoms with E-state index in [-0.39, 0.29) is 11.9 Å². The Bertz CT molecular complexity index is 134. The molecule has 0 spiro atoms. The molecule has 0 radical (unpaired) electrons. The summed E-state index contributed by atoms with van der Waals surface area (Å²) >= 11 is 0. The van der Waals surface area contributed by atoms with Gasteiger partial charge in [-0.25, -0.2) is 0 Å². The number of methoxy groups -OCH3 is 1. The van der Waals surface area contributed by atoms with E-state index < -0.39 is 0 Å². The second kappa shape index (κ2) is 3.74. The van der Waals surface area contributed by atoms with Gasteiger partial charge < -0.3 is 4.74 Å². The zero-order chi connectivity index (χ0) is 8.27. The van der Waals surface area contributed by atoms with E-state index >= 15 is 0 Å². The van der Waals surface area contributed by atoms with Crippen LogP contribution in [-0.2, 0) is 9.53 Å². The molecule has 0 bridgehead atoms. The Hall–Kier alpha value is -0.530. The molecule has 2 nitrogen and oxygen atoms in total. The lowest BCUT2D eigenvalue weighted by Gasteiger charge is -2.23. The van der Waals surface area contributed by atoms with E-state index in [0.29, 0.717) is 0 Å². The predicted molar refractivity (Wildman–Crippen MR) is 43.1 cm³/mol. The summed E-state index contributed by atoms with van der Waals surface area (Å²) in [7, 11) is 1.47. The molecule has 0 aromatic rings. The van der Waals surface area contributed by atoms with Crippen LogP contribution in [0.2, 0.25) is 0 Å². The smallest absolute Gasteiger partial charge is 0.308 e. The van der Waals surface area contributed by atoms with Gasteiger partial charge in [0.25, 0.3) is 0 Å². The number of carbonyl (C=O) groups is 1. The van der Waals surface area contributed by atoms with Gasteiger partial charge in [-0.3, -0.25) is 4.79 Å². The summed E-state index contributed by atoms with van der Waals surface area (Å²) in [5.41, 5.74) is 0. The Morgan fingerprint density at radius 2 is 1.82 bits per heavy atom. The lowest BCUT2D eigenvalue weighted by Crippen LogP contribution is -2.21. The van der Waals surface area contributed by atoms with Gasteiger partial charge in [-0.1, -0.05) is 6.92 Å². The molecule has 1 saturated carbocycles. The number of carbonyl (C=O) groups excluding carboxylic acids is 1. The van der Waals surface area contributed by atoms with Crippen molar-refractivity contribution in [3.8, 4) is 0 Å². The minimum absolute atomic E-state index is 0.0168. The van der Waals surface area contributed by atoms with Crippen LogP contribution in [0.1, 0.15) is 32.6 Å². The quantitative estimate of drug-likeness (QED) is 0.543.